The van der Waals surface area contributed by atoms with Crippen LogP contribution in [0.2, 0.25) is 10.0 Å². The Morgan fingerprint density at radius 3 is 2.69 bits per heavy atom. The van der Waals surface area contributed by atoms with Gasteiger partial charge in [0, 0.05) is 12.1 Å². The molecule has 0 atom stereocenters. The third kappa shape index (κ3) is 1.79. The first-order valence-corrected chi connectivity index (χ1v) is 4.77. The second-order valence-electron chi connectivity index (χ2n) is 2.79. The number of rotatable bonds is 1. The summed E-state index contributed by atoms with van der Waals surface area (Å²) in [6, 6.07) is 5.51. The minimum atomic E-state index is 0.565. The molecule has 0 saturated carbocycles. The van der Waals surface area contributed by atoms with Crippen molar-refractivity contribution in [1.82, 2.24) is 5.32 Å². The predicted molar refractivity (Wildman–Crippen MR) is 55.9 cm³/mol. The van der Waals surface area contributed by atoms with Crippen LogP contribution in [-0.2, 0) is 0 Å². The van der Waals surface area contributed by atoms with Crippen molar-refractivity contribution in [3.8, 4) is 0 Å². The van der Waals surface area contributed by atoms with E-state index in [1.165, 1.54) is 0 Å². The molecule has 1 aromatic carbocycles. The molecule has 1 aliphatic rings. The lowest BCUT2D eigenvalue weighted by molar-refractivity contribution is 0.960. The van der Waals surface area contributed by atoms with E-state index >= 15 is 0 Å². The topological polar surface area (TPSA) is 24.4 Å². The van der Waals surface area contributed by atoms with Crippen LogP contribution in [0.15, 0.2) is 23.2 Å². The van der Waals surface area contributed by atoms with Gasteiger partial charge in [0.1, 0.15) is 5.84 Å². The maximum absolute atomic E-state index is 5.88. The summed E-state index contributed by atoms with van der Waals surface area (Å²) >= 11 is 11.7. The molecule has 0 spiro atoms. The van der Waals surface area contributed by atoms with Crippen LogP contribution in [0, 0.1) is 0 Å². The van der Waals surface area contributed by atoms with Crippen molar-refractivity contribution < 1.29 is 0 Å². The van der Waals surface area contributed by atoms with Crippen LogP contribution in [0.1, 0.15) is 5.56 Å². The van der Waals surface area contributed by atoms with Gasteiger partial charge >= 0.3 is 0 Å². The number of aliphatic imine (C=N–C) groups is 1. The molecule has 68 valence electrons. The molecule has 13 heavy (non-hydrogen) atoms. The van der Waals surface area contributed by atoms with E-state index in [2.05, 4.69) is 10.3 Å². The van der Waals surface area contributed by atoms with Gasteiger partial charge in [0.15, 0.2) is 0 Å². The summed E-state index contributed by atoms with van der Waals surface area (Å²) in [5.41, 5.74) is 0.993. The van der Waals surface area contributed by atoms with E-state index in [4.69, 9.17) is 23.2 Å². The highest BCUT2D eigenvalue weighted by Gasteiger charge is 2.08. The number of nitrogens with zero attached hydrogens (tertiary/aromatic N) is 1. The van der Waals surface area contributed by atoms with E-state index in [9.17, 15) is 0 Å². The summed E-state index contributed by atoms with van der Waals surface area (Å²) in [7, 11) is 0. The van der Waals surface area contributed by atoms with Crippen molar-refractivity contribution in [2.45, 2.75) is 0 Å². The van der Waals surface area contributed by atoms with Gasteiger partial charge in [-0.2, -0.15) is 0 Å². The number of amidine groups is 1. The van der Waals surface area contributed by atoms with E-state index in [1.807, 2.05) is 12.1 Å². The van der Waals surface area contributed by atoms with Crippen LogP contribution < -0.4 is 5.32 Å². The molecule has 1 heterocycles. The van der Waals surface area contributed by atoms with Gasteiger partial charge in [0.05, 0.1) is 16.6 Å². The third-order valence-electron chi connectivity index (χ3n) is 1.87. The lowest BCUT2D eigenvalue weighted by Gasteiger charge is -2.03. The van der Waals surface area contributed by atoms with Crippen molar-refractivity contribution >= 4 is 29.0 Å². The highest BCUT2D eigenvalue weighted by Crippen LogP contribution is 2.22. The Labute approximate surface area is 86.6 Å². The van der Waals surface area contributed by atoms with E-state index in [0.29, 0.717) is 10.0 Å². The number of hydrogen-bond donors (Lipinski definition) is 1. The molecule has 2 nitrogen and oxygen atoms in total. The molecule has 1 aromatic rings. The van der Waals surface area contributed by atoms with E-state index in [1.54, 1.807) is 6.07 Å². The zero-order valence-corrected chi connectivity index (χ0v) is 8.36. The Balaban J connectivity index is 2.36. The van der Waals surface area contributed by atoms with E-state index in [-0.39, 0.29) is 0 Å². The molecule has 2 rings (SSSR count). The minimum Gasteiger partial charge on any atom is -0.368 e. The Hall–Kier alpha value is -0.730. The first-order chi connectivity index (χ1) is 6.27. The van der Waals surface area contributed by atoms with Crippen molar-refractivity contribution in [3.63, 3.8) is 0 Å². The van der Waals surface area contributed by atoms with Crippen molar-refractivity contribution in [2.24, 2.45) is 4.99 Å². The molecule has 4 heteroatoms. The zero-order chi connectivity index (χ0) is 9.26. The third-order valence-corrected chi connectivity index (χ3v) is 2.61. The van der Waals surface area contributed by atoms with Gasteiger partial charge in [-0.3, -0.25) is 4.99 Å². The summed E-state index contributed by atoms with van der Waals surface area (Å²) in [6.07, 6.45) is 0. The maximum Gasteiger partial charge on any atom is 0.128 e. The van der Waals surface area contributed by atoms with Gasteiger partial charge in [-0.05, 0) is 18.2 Å². The van der Waals surface area contributed by atoms with Gasteiger partial charge in [-0.15, -0.1) is 0 Å². The van der Waals surface area contributed by atoms with E-state index in [0.717, 1.165) is 24.5 Å². The second kappa shape index (κ2) is 3.56. The average Bonchev–Trinajstić information content (AvgIpc) is 2.62. The summed E-state index contributed by atoms with van der Waals surface area (Å²) in [4.78, 5) is 4.28. The Morgan fingerprint density at radius 2 is 2.08 bits per heavy atom. The smallest absolute Gasteiger partial charge is 0.128 e. The van der Waals surface area contributed by atoms with E-state index < -0.39 is 0 Å². The summed E-state index contributed by atoms with van der Waals surface area (Å²) < 4.78 is 0. The molecule has 0 radical (unpaired) electrons. The first-order valence-electron chi connectivity index (χ1n) is 4.01. The number of nitrogens with one attached hydrogen (secondary N) is 1. The Kier molecular flexibility index (Phi) is 2.42. The van der Waals surface area contributed by atoms with Crippen molar-refractivity contribution in [1.29, 1.82) is 0 Å². The van der Waals surface area contributed by atoms with Gasteiger partial charge in [-0.25, -0.2) is 0 Å². The van der Waals surface area contributed by atoms with Crippen molar-refractivity contribution in [2.75, 3.05) is 13.1 Å². The summed E-state index contributed by atoms with van der Waals surface area (Å²) in [6.45, 7) is 1.73. The highest BCUT2D eigenvalue weighted by atomic mass is 35.5. The van der Waals surface area contributed by atoms with Gasteiger partial charge in [-0.1, -0.05) is 23.2 Å². The molecular formula is C9H8Cl2N2. The van der Waals surface area contributed by atoms with Gasteiger partial charge in [0.25, 0.3) is 0 Å². The number of hydrogen-bond acceptors (Lipinski definition) is 2. The second-order valence-corrected chi connectivity index (χ2v) is 3.60. The van der Waals surface area contributed by atoms with Crippen LogP contribution in [0.25, 0.3) is 0 Å². The molecule has 0 aliphatic carbocycles. The number of halogens is 2. The molecule has 0 fully saturated rings. The van der Waals surface area contributed by atoms with Gasteiger partial charge < -0.3 is 5.32 Å². The first kappa shape index (κ1) is 8.85. The largest absolute Gasteiger partial charge is 0.368 e. The number of benzene rings is 1. The van der Waals surface area contributed by atoms with Crippen LogP contribution in [0.4, 0.5) is 0 Å². The molecule has 0 unspecified atom stereocenters. The fourth-order valence-electron chi connectivity index (χ4n) is 1.23. The molecule has 1 N–H and O–H groups in total. The lowest BCUT2D eigenvalue weighted by Crippen LogP contribution is -2.19. The van der Waals surface area contributed by atoms with Crippen LogP contribution in [-0.4, -0.2) is 18.9 Å². The highest BCUT2D eigenvalue weighted by molar-refractivity contribution is 6.42. The molecular weight excluding hydrogens is 207 g/mol. The standard InChI is InChI=1S/C9H8Cl2N2/c10-7-2-1-6(5-8(7)11)9-12-3-4-13-9/h1-2,5H,3-4H2,(H,12,13). The molecule has 0 saturated heterocycles. The normalized spacial score (nSPS) is 15.4. The summed E-state index contributed by atoms with van der Waals surface area (Å²) in [5, 5.41) is 4.31. The minimum absolute atomic E-state index is 0.565. The fourth-order valence-corrected chi connectivity index (χ4v) is 1.53. The SMILES string of the molecule is Clc1ccc(C2=NCCN2)cc1Cl. The Morgan fingerprint density at radius 1 is 1.23 bits per heavy atom. The predicted octanol–water partition coefficient (Wildman–Crippen LogP) is 2.34. The molecule has 0 aromatic heterocycles. The molecule has 0 amide bonds. The Bertz CT molecular complexity index is 361. The molecule has 1 aliphatic heterocycles. The monoisotopic (exact) mass is 214 g/mol. The zero-order valence-electron chi connectivity index (χ0n) is 6.85. The van der Waals surface area contributed by atoms with Crippen molar-refractivity contribution in [3.05, 3.63) is 33.8 Å². The fraction of sp³-hybridized carbons (Fsp3) is 0.222. The quantitative estimate of drug-likeness (QED) is 0.763. The average molecular weight is 215 g/mol. The van der Waals surface area contributed by atoms with Gasteiger partial charge in [0.2, 0.25) is 0 Å². The lowest BCUT2D eigenvalue weighted by atomic mass is 10.2. The maximum atomic E-state index is 5.88. The van der Waals surface area contributed by atoms with Crippen LogP contribution >= 0.6 is 23.2 Å². The van der Waals surface area contributed by atoms with Crippen LogP contribution in [0.3, 0.4) is 0 Å². The molecule has 0 bridgehead atoms. The summed E-state index contributed by atoms with van der Waals surface area (Å²) in [5.74, 6) is 0.901. The van der Waals surface area contributed by atoms with Crippen LogP contribution in [0.5, 0.6) is 0 Å².